The highest BCUT2D eigenvalue weighted by molar-refractivity contribution is 5.79. The normalized spacial score (nSPS) is 46.1. The standard InChI is InChI=1S/C16H21NO3/c1-19-14-7-6-11(12-9-16(18)17-10-12)8-15(14)20-13-4-2-3-5-13/h6-8,12-13H,2-5,9-10H2,1H3,(H,17,18)/i1D3,2D2,3D2,4D2,5D2,12D. The summed E-state index contributed by atoms with van der Waals surface area (Å²) in [7, 11) is -2.97. The van der Waals surface area contributed by atoms with E-state index in [4.69, 9.17) is 25.9 Å². The largest absolute Gasteiger partial charge is 0.493 e. The Balaban J connectivity index is 2.11. The van der Waals surface area contributed by atoms with Gasteiger partial charge in [-0.25, -0.2) is 0 Å². The predicted molar refractivity (Wildman–Crippen MR) is 76.2 cm³/mol. The fourth-order valence-corrected chi connectivity index (χ4v) is 2.06. The average molecular weight is 287 g/mol. The van der Waals surface area contributed by atoms with Gasteiger partial charge in [0.25, 0.3) is 0 Å². The molecular formula is C16H21NO3. The lowest BCUT2D eigenvalue weighted by atomic mass is 9.98. The monoisotopic (exact) mass is 287 g/mol. The van der Waals surface area contributed by atoms with Crippen LogP contribution < -0.4 is 14.8 Å². The summed E-state index contributed by atoms with van der Waals surface area (Å²) < 4.78 is 105. The fraction of sp³-hybridized carbons (Fsp3) is 0.562. The van der Waals surface area contributed by atoms with E-state index in [0.717, 1.165) is 12.1 Å². The Labute approximate surface area is 136 Å². The molecule has 1 aromatic carbocycles. The van der Waals surface area contributed by atoms with Crippen LogP contribution in [0, 0.1) is 0 Å². The van der Waals surface area contributed by atoms with Crippen LogP contribution in [0.3, 0.4) is 0 Å². The number of hydrogen-bond acceptors (Lipinski definition) is 3. The lowest BCUT2D eigenvalue weighted by Gasteiger charge is -2.18. The summed E-state index contributed by atoms with van der Waals surface area (Å²) in [4.78, 5) is 11.6. The number of carbonyl (C=O) groups excluding carboxylic acids is 1. The number of hydrogen-bond donors (Lipinski definition) is 1. The maximum absolute atomic E-state index is 11.6. The Bertz CT molecular complexity index is 905. The first kappa shape index (κ1) is 5.24. The summed E-state index contributed by atoms with van der Waals surface area (Å²) in [6.07, 6.45) is -15.5. The molecule has 2 fully saturated rings. The van der Waals surface area contributed by atoms with E-state index in [0.29, 0.717) is 0 Å². The zero-order valence-electron chi connectivity index (χ0n) is 22.4. The van der Waals surface area contributed by atoms with Crippen LogP contribution in [0.1, 0.15) is 59.8 Å². The van der Waals surface area contributed by atoms with Crippen molar-refractivity contribution in [1.29, 1.82) is 0 Å². The topological polar surface area (TPSA) is 47.6 Å². The van der Waals surface area contributed by atoms with Gasteiger partial charge in [0.05, 0.1) is 17.3 Å². The molecule has 1 saturated heterocycles. The smallest absolute Gasteiger partial charge is 0.220 e. The molecule has 1 aliphatic heterocycles. The van der Waals surface area contributed by atoms with Gasteiger partial charge in [0.15, 0.2) is 11.5 Å². The Kier molecular flexibility index (Phi) is 1.50. The summed E-state index contributed by atoms with van der Waals surface area (Å²) in [5, 5.41) is 2.49. The molecule has 4 heteroatoms. The van der Waals surface area contributed by atoms with Crippen LogP contribution in [-0.4, -0.2) is 25.6 Å². The SMILES string of the molecule is [2H]C([2H])([2H])Oc1ccc(C2([2H])CNC(=O)C2)cc1OC1C([2H])([2H])C([2H])([2H])C([2H])([2H])C1([2H])[2H]. The number of methoxy groups -OCH3 is 1. The highest BCUT2D eigenvalue weighted by atomic mass is 16.5. The summed E-state index contributed by atoms with van der Waals surface area (Å²) in [6.45, 7) is -0.0685. The second kappa shape index (κ2) is 5.73. The van der Waals surface area contributed by atoms with E-state index in [1.54, 1.807) is 0 Å². The molecule has 20 heavy (non-hydrogen) atoms. The van der Waals surface area contributed by atoms with Crippen LogP contribution in [0.4, 0.5) is 0 Å². The molecule has 0 radical (unpaired) electrons. The molecule has 2 aliphatic rings. The number of nitrogens with one attached hydrogen (secondary N) is 1. The Morgan fingerprint density at radius 1 is 1.40 bits per heavy atom. The quantitative estimate of drug-likeness (QED) is 0.926. The number of rotatable bonds is 4. The van der Waals surface area contributed by atoms with Crippen LogP contribution in [0.5, 0.6) is 11.5 Å². The summed E-state index contributed by atoms with van der Waals surface area (Å²) in [5.74, 6) is -2.84. The van der Waals surface area contributed by atoms with Gasteiger partial charge in [0.1, 0.15) is 0 Å². The summed E-state index contributed by atoms with van der Waals surface area (Å²) in [6, 6.07) is 3.53. The molecule has 3 rings (SSSR count). The van der Waals surface area contributed by atoms with Crippen molar-refractivity contribution in [3.8, 4) is 11.5 Å². The molecule has 1 N–H and O–H groups in total. The van der Waals surface area contributed by atoms with Gasteiger partial charge in [-0.2, -0.15) is 0 Å². The third-order valence-corrected chi connectivity index (χ3v) is 3.05. The summed E-state index contributed by atoms with van der Waals surface area (Å²) >= 11 is 0. The molecule has 1 amide bonds. The number of carbonyl (C=O) groups is 1. The highest BCUT2D eigenvalue weighted by Crippen LogP contribution is 2.35. The van der Waals surface area contributed by atoms with E-state index >= 15 is 0 Å². The van der Waals surface area contributed by atoms with Gasteiger partial charge in [-0.15, -0.1) is 0 Å². The lowest BCUT2D eigenvalue weighted by molar-refractivity contribution is -0.119. The second-order valence-electron chi connectivity index (χ2n) is 4.36. The first-order chi connectivity index (χ1) is 14.3. The van der Waals surface area contributed by atoms with Gasteiger partial charge in [0, 0.05) is 31.2 Å². The lowest BCUT2D eigenvalue weighted by Crippen LogP contribution is -2.14. The molecule has 4 nitrogen and oxygen atoms in total. The molecule has 1 aliphatic carbocycles. The van der Waals surface area contributed by atoms with Gasteiger partial charge in [-0.3, -0.25) is 4.79 Å². The van der Waals surface area contributed by atoms with Crippen molar-refractivity contribution in [1.82, 2.24) is 5.32 Å². The van der Waals surface area contributed by atoms with Gasteiger partial charge < -0.3 is 14.8 Å². The fourth-order valence-electron chi connectivity index (χ4n) is 2.06. The van der Waals surface area contributed by atoms with E-state index in [1.165, 1.54) is 6.07 Å². The molecule has 0 spiro atoms. The Hall–Kier alpha value is -1.71. The molecule has 1 atom stereocenters. The Morgan fingerprint density at radius 2 is 2.25 bits per heavy atom. The van der Waals surface area contributed by atoms with E-state index in [-0.39, 0.29) is 18.5 Å². The minimum absolute atomic E-state index is 0.0685. The van der Waals surface area contributed by atoms with Crippen molar-refractivity contribution in [2.45, 2.75) is 43.9 Å². The van der Waals surface area contributed by atoms with E-state index in [9.17, 15) is 4.79 Å². The van der Waals surface area contributed by atoms with Gasteiger partial charge in [-0.1, -0.05) is 6.07 Å². The van der Waals surface area contributed by atoms with Crippen molar-refractivity contribution in [3.63, 3.8) is 0 Å². The third-order valence-electron chi connectivity index (χ3n) is 3.05. The molecule has 0 bridgehead atoms. The van der Waals surface area contributed by atoms with Crippen LogP contribution >= 0.6 is 0 Å². The van der Waals surface area contributed by atoms with E-state index < -0.39 is 61.9 Å². The first-order valence-corrected chi connectivity index (χ1v) is 6.03. The van der Waals surface area contributed by atoms with Crippen molar-refractivity contribution in [2.75, 3.05) is 13.6 Å². The van der Waals surface area contributed by atoms with Crippen LogP contribution in [-0.2, 0) is 4.79 Å². The van der Waals surface area contributed by atoms with Crippen molar-refractivity contribution in [2.24, 2.45) is 0 Å². The minimum atomic E-state index is -3.30. The molecule has 1 heterocycles. The van der Waals surface area contributed by atoms with Gasteiger partial charge >= 0.3 is 0 Å². The van der Waals surface area contributed by atoms with E-state index in [2.05, 4.69) is 5.32 Å². The zero-order valence-corrected chi connectivity index (χ0v) is 10.4. The maximum Gasteiger partial charge on any atom is 0.220 e. The molecular weight excluding hydrogens is 254 g/mol. The van der Waals surface area contributed by atoms with Crippen molar-refractivity contribution in [3.05, 3.63) is 23.8 Å². The molecule has 1 saturated carbocycles. The summed E-state index contributed by atoms with van der Waals surface area (Å²) in [5.41, 5.74) is 0.161. The van der Waals surface area contributed by atoms with Crippen molar-refractivity contribution < 1.29 is 30.7 Å². The molecule has 0 aromatic heterocycles. The van der Waals surface area contributed by atoms with Crippen molar-refractivity contribution >= 4 is 5.91 Å². The van der Waals surface area contributed by atoms with Gasteiger partial charge in [0.2, 0.25) is 5.91 Å². The first-order valence-electron chi connectivity index (χ1n) is 12.0. The van der Waals surface area contributed by atoms with Crippen LogP contribution in [0.2, 0.25) is 0 Å². The van der Waals surface area contributed by atoms with E-state index in [1.807, 2.05) is 0 Å². The molecule has 1 unspecified atom stereocenters. The third kappa shape index (κ3) is 2.74. The average Bonchev–Trinajstić information content (AvgIpc) is 3.00. The molecule has 108 valence electrons. The second-order valence-corrected chi connectivity index (χ2v) is 4.36. The zero-order chi connectivity index (χ0) is 24.5. The molecule has 1 aromatic rings. The van der Waals surface area contributed by atoms with Gasteiger partial charge in [-0.05, 0) is 43.2 Å². The van der Waals surface area contributed by atoms with Crippen LogP contribution in [0.15, 0.2) is 18.2 Å². The number of ether oxygens (including phenoxy) is 2. The highest BCUT2D eigenvalue weighted by Gasteiger charge is 2.25. The Morgan fingerprint density at radius 3 is 2.95 bits per heavy atom. The maximum atomic E-state index is 11.6. The number of benzene rings is 1. The van der Waals surface area contributed by atoms with Crippen LogP contribution in [0.25, 0.3) is 0 Å². The minimum Gasteiger partial charge on any atom is -0.493 e. The number of amides is 1. The predicted octanol–water partition coefficient (Wildman–Crippen LogP) is 2.62.